The lowest BCUT2D eigenvalue weighted by Crippen LogP contribution is -2.37. The average Bonchev–Trinajstić information content (AvgIpc) is 2.28. The van der Waals surface area contributed by atoms with Crippen molar-refractivity contribution in [3.63, 3.8) is 0 Å². The maximum Gasteiger partial charge on any atom is 0.0735 e. The lowest BCUT2D eigenvalue weighted by molar-refractivity contribution is 0.669. The zero-order valence-electron chi connectivity index (χ0n) is 9.18. The van der Waals surface area contributed by atoms with Crippen LogP contribution in [0, 0.1) is 0 Å². The van der Waals surface area contributed by atoms with Gasteiger partial charge in [0.2, 0.25) is 0 Å². The molecule has 3 unspecified atom stereocenters. The summed E-state index contributed by atoms with van der Waals surface area (Å²) < 4.78 is 12.5. The van der Waals surface area contributed by atoms with Crippen molar-refractivity contribution >= 4 is 22.6 Å². The Bertz CT molecular complexity index is 470. The third-order valence-corrected chi connectivity index (χ3v) is 7.05. The second-order valence-electron chi connectivity index (χ2n) is 4.52. The highest BCUT2D eigenvalue weighted by atomic mass is 32.2. The highest BCUT2D eigenvalue weighted by Crippen LogP contribution is 2.52. The van der Waals surface area contributed by atoms with Crippen molar-refractivity contribution in [2.75, 3.05) is 0 Å². The quantitative estimate of drug-likeness (QED) is 0.656. The second kappa shape index (κ2) is 3.74. The second-order valence-corrected chi connectivity index (χ2v) is 7.70. The number of rotatable bonds is 0. The van der Waals surface area contributed by atoms with Crippen LogP contribution in [0.1, 0.15) is 19.8 Å². The summed E-state index contributed by atoms with van der Waals surface area (Å²) in [6, 6.07) is 0. The molecule has 0 aromatic heterocycles. The zero-order chi connectivity index (χ0) is 11.2. The normalized spacial score (nSPS) is 40.8. The van der Waals surface area contributed by atoms with Gasteiger partial charge in [0.1, 0.15) is 0 Å². The first-order valence-corrected chi connectivity index (χ1v) is 7.57. The fraction of sp³-hybridized carbons (Fsp3) is 0.385. The van der Waals surface area contributed by atoms with Crippen molar-refractivity contribution in [3.05, 3.63) is 46.3 Å². The van der Waals surface area contributed by atoms with Crippen LogP contribution in [-0.2, 0) is 10.8 Å². The van der Waals surface area contributed by atoms with Gasteiger partial charge >= 0.3 is 0 Å². The summed E-state index contributed by atoms with van der Waals surface area (Å²) >= 11 is 1.90. The molecule has 1 aliphatic heterocycles. The van der Waals surface area contributed by atoms with Gasteiger partial charge in [-0.2, -0.15) is 0 Å². The van der Waals surface area contributed by atoms with Crippen molar-refractivity contribution in [1.82, 2.24) is 0 Å². The summed E-state index contributed by atoms with van der Waals surface area (Å²) in [4.78, 5) is 2.42. The van der Waals surface area contributed by atoms with E-state index in [1.807, 2.05) is 17.8 Å². The molecule has 16 heavy (non-hydrogen) atoms. The molecule has 0 aromatic rings. The van der Waals surface area contributed by atoms with Gasteiger partial charge in [0, 0.05) is 9.81 Å². The fourth-order valence-corrected chi connectivity index (χ4v) is 6.02. The van der Waals surface area contributed by atoms with Crippen molar-refractivity contribution in [2.24, 2.45) is 0 Å². The van der Waals surface area contributed by atoms with E-state index < -0.39 is 10.8 Å². The van der Waals surface area contributed by atoms with Gasteiger partial charge in [-0.1, -0.05) is 30.4 Å². The van der Waals surface area contributed by atoms with Crippen LogP contribution in [0.2, 0.25) is 0 Å². The van der Waals surface area contributed by atoms with Crippen molar-refractivity contribution in [2.45, 2.75) is 29.8 Å². The predicted octanol–water partition coefficient (Wildman–Crippen LogP) is 3.30. The van der Waals surface area contributed by atoms with Crippen molar-refractivity contribution in [3.8, 4) is 0 Å². The van der Waals surface area contributed by atoms with E-state index in [-0.39, 0.29) is 10.00 Å². The standard InChI is InChI=1S/C13H14OS2/c1-13-9-5-4-8-12(13)16(14)11-7-3-2-6-10(11)15-13/h2-6,8,11H,7,9H2,1H3. The van der Waals surface area contributed by atoms with Crippen LogP contribution in [0.25, 0.3) is 0 Å². The van der Waals surface area contributed by atoms with Gasteiger partial charge in [-0.25, -0.2) is 0 Å². The zero-order valence-corrected chi connectivity index (χ0v) is 10.8. The van der Waals surface area contributed by atoms with Crippen molar-refractivity contribution in [1.29, 1.82) is 0 Å². The van der Waals surface area contributed by atoms with Gasteiger partial charge < -0.3 is 0 Å². The van der Waals surface area contributed by atoms with Crippen LogP contribution in [0.4, 0.5) is 0 Å². The molecule has 3 rings (SSSR count). The molecule has 1 fully saturated rings. The molecule has 84 valence electrons. The van der Waals surface area contributed by atoms with Crippen LogP contribution in [0.15, 0.2) is 46.3 Å². The third-order valence-electron chi connectivity index (χ3n) is 3.29. The van der Waals surface area contributed by atoms with Gasteiger partial charge in [-0.15, -0.1) is 11.8 Å². The number of hydrogen-bond acceptors (Lipinski definition) is 2. The van der Waals surface area contributed by atoms with E-state index in [1.165, 1.54) is 4.91 Å². The van der Waals surface area contributed by atoms with Crippen molar-refractivity contribution < 1.29 is 4.21 Å². The molecule has 1 heterocycles. The first-order chi connectivity index (χ1) is 7.71. The van der Waals surface area contributed by atoms with Gasteiger partial charge in [-0.05, 0) is 25.8 Å². The summed E-state index contributed by atoms with van der Waals surface area (Å²) in [5.41, 5.74) is 0. The fourth-order valence-electron chi connectivity index (χ4n) is 2.39. The van der Waals surface area contributed by atoms with Gasteiger partial charge in [-0.3, -0.25) is 4.21 Å². The summed E-state index contributed by atoms with van der Waals surface area (Å²) in [7, 11) is -0.843. The van der Waals surface area contributed by atoms with E-state index in [2.05, 4.69) is 37.3 Å². The van der Waals surface area contributed by atoms with E-state index >= 15 is 0 Å². The smallest absolute Gasteiger partial charge is 0.0735 e. The first kappa shape index (κ1) is 10.6. The summed E-state index contributed by atoms with van der Waals surface area (Å²) in [5, 5.41) is 0.209. The molecule has 3 aliphatic rings. The van der Waals surface area contributed by atoms with Crippen LogP contribution < -0.4 is 0 Å². The average molecular weight is 250 g/mol. The van der Waals surface area contributed by atoms with Crippen LogP contribution >= 0.6 is 11.8 Å². The SMILES string of the molecule is CC12CC=CC=C1S(=O)C1CC=CC=C1S2. The van der Waals surface area contributed by atoms with E-state index in [0.717, 1.165) is 17.7 Å². The largest absolute Gasteiger partial charge is 0.254 e. The molecule has 0 bridgehead atoms. The third kappa shape index (κ3) is 1.49. The lowest BCUT2D eigenvalue weighted by Gasteiger charge is -2.41. The maximum atomic E-state index is 12.5. The highest BCUT2D eigenvalue weighted by Gasteiger charge is 2.43. The lowest BCUT2D eigenvalue weighted by atomic mass is 10.0. The van der Waals surface area contributed by atoms with Crippen LogP contribution in [0.5, 0.6) is 0 Å². The first-order valence-electron chi connectivity index (χ1n) is 5.54. The Kier molecular flexibility index (Phi) is 2.48. The van der Waals surface area contributed by atoms with Crippen LogP contribution in [0.3, 0.4) is 0 Å². The highest BCUT2D eigenvalue weighted by molar-refractivity contribution is 8.08. The summed E-state index contributed by atoms with van der Waals surface area (Å²) in [5.74, 6) is 0. The molecule has 0 radical (unpaired) electrons. The molecular formula is C13H14OS2. The molecule has 0 saturated carbocycles. The van der Waals surface area contributed by atoms with E-state index in [9.17, 15) is 4.21 Å². The Labute approximate surface area is 103 Å². The molecule has 0 N–H and O–H groups in total. The van der Waals surface area contributed by atoms with Gasteiger partial charge in [0.05, 0.1) is 20.8 Å². The number of thioether (sulfide) groups is 1. The summed E-state index contributed by atoms with van der Waals surface area (Å²) in [6.45, 7) is 2.21. The maximum absolute atomic E-state index is 12.5. The Morgan fingerprint density at radius 2 is 2.19 bits per heavy atom. The molecule has 1 saturated heterocycles. The molecule has 0 aromatic carbocycles. The minimum atomic E-state index is -0.843. The molecular weight excluding hydrogens is 236 g/mol. The Morgan fingerprint density at radius 3 is 3.06 bits per heavy atom. The molecule has 3 atom stereocenters. The Hall–Kier alpha value is -0.540. The molecule has 1 nitrogen and oxygen atoms in total. The van der Waals surface area contributed by atoms with E-state index in [4.69, 9.17) is 0 Å². The monoisotopic (exact) mass is 250 g/mol. The van der Waals surface area contributed by atoms with E-state index in [1.54, 1.807) is 0 Å². The van der Waals surface area contributed by atoms with Gasteiger partial charge in [0.15, 0.2) is 0 Å². The Morgan fingerprint density at radius 1 is 1.38 bits per heavy atom. The minimum Gasteiger partial charge on any atom is -0.254 e. The van der Waals surface area contributed by atoms with Gasteiger partial charge in [0.25, 0.3) is 0 Å². The predicted molar refractivity (Wildman–Crippen MR) is 71.6 cm³/mol. The Balaban J connectivity index is 2.07. The molecule has 2 aliphatic carbocycles. The number of hydrogen-bond donors (Lipinski definition) is 0. The molecule has 0 amide bonds. The van der Waals surface area contributed by atoms with Crippen LogP contribution in [-0.4, -0.2) is 14.2 Å². The minimum absolute atomic E-state index is 0.0210. The van der Waals surface area contributed by atoms with E-state index in [0.29, 0.717) is 0 Å². The molecule has 3 heteroatoms. The topological polar surface area (TPSA) is 17.1 Å². The number of fused-ring (bicyclic) bond motifs is 2. The summed E-state index contributed by atoms with van der Waals surface area (Å²) in [6.07, 6.45) is 14.5. The molecule has 0 spiro atoms. The number of allylic oxidation sites excluding steroid dienone is 6.